The van der Waals surface area contributed by atoms with Crippen molar-refractivity contribution in [3.63, 3.8) is 0 Å². The Hall–Kier alpha value is -1.99. The second-order valence-electron chi connectivity index (χ2n) is 8.34. The molecule has 1 atom stereocenters. The van der Waals surface area contributed by atoms with Gasteiger partial charge in [-0.1, -0.05) is 94.6 Å². The first kappa shape index (κ1) is 28.6. The van der Waals surface area contributed by atoms with E-state index in [0.29, 0.717) is 35.3 Å². The maximum Gasteiger partial charge on any atom is 0.243 e. The fourth-order valence-corrected chi connectivity index (χ4v) is 5.61. The number of nitrogens with zero attached hydrogens (tertiary/aromatic N) is 1. The molecular weight excluding hydrogens is 579 g/mol. The van der Waals surface area contributed by atoms with Crippen LogP contribution in [0.5, 0.6) is 0 Å². The van der Waals surface area contributed by atoms with Gasteiger partial charge in [0.05, 0.1) is 5.75 Å². The SMILES string of the molecule is CCCNC(=O)C(Cc1ccccc1)N(Cc1ccc(Br)cc1)C(=O)CSCc1c(Cl)cccc1Cl. The van der Waals surface area contributed by atoms with Crippen molar-refractivity contribution >= 4 is 62.7 Å². The average Bonchev–Trinajstić information content (AvgIpc) is 2.88. The number of halogens is 3. The highest BCUT2D eigenvalue weighted by atomic mass is 79.9. The van der Waals surface area contributed by atoms with E-state index in [4.69, 9.17) is 23.2 Å². The summed E-state index contributed by atoms with van der Waals surface area (Å²) in [6.07, 6.45) is 1.25. The smallest absolute Gasteiger partial charge is 0.243 e. The third kappa shape index (κ3) is 8.55. The summed E-state index contributed by atoms with van der Waals surface area (Å²) in [7, 11) is 0. The van der Waals surface area contributed by atoms with Crippen LogP contribution >= 0.6 is 50.9 Å². The van der Waals surface area contributed by atoms with E-state index in [1.54, 1.807) is 23.1 Å². The Morgan fingerprint density at radius 1 is 0.944 bits per heavy atom. The number of carbonyl (C=O) groups is 2. The van der Waals surface area contributed by atoms with Gasteiger partial charge in [-0.2, -0.15) is 0 Å². The number of nitrogens with one attached hydrogen (secondary N) is 1. The normalized spacial score (nSPS) is 11.7. The van der Waals surface area contributed by atoms with Crippen LogP contribution in [-0.2, 0) is 28.3 Å². The summed E-state index contributed by atoms with van der Waals surface area (Å²) in [6.45, 7) is 2.90. The lowest BCUT2D eigenvalue weighted by atomic mass is 10.0. The lowest BCUT2D eigenvalue weighted by Crippen LogP contribution is -2.51. The Balaban J connectivity index is 1.84. The molecule has 4 nitrogen and oxygen atoms in total. The van der Waals surface area contributed by atoms with E-state index in [1.807, 2.05) is 61.5 Å². The highest BCUT2D eigenvalue weighted by molar-refractivity contribution is 9.10. The lowest BCUT2D eigenvalue weighted by Gasteiger charge is -2.31. The molecular formula is C28H29BrCl2N2O2S. The van der Waals surface area contributed by atoms with Gasteiger partial charge in [0.15, 0.2) is 0 Å². The van der Waals surface area contributed by atoms with Crippen LogP contribution in [0, 0.1) is 0 Å². The molecule has 3 rings (SSSR count). The maximum atomic E-state index is 13.6. The number of thioether (sulfide) groups is 1. The van der Waals surface area contributed by atoms with E-state index >= 15 is 0 Å². The predicted octanol–water partition coefficient (Wildman–Crippen LogP) is 7.16. The quantitative estimate of drug-likeness (QED) is 0.238. The number of benzene rings is 3. The Kier molecular flexibility index (Phi) is 11.6. The highest BCUT2D eigenvalue weighted by Crippen LogP contribution is 2.28. The fraction of sp³-hybridized carbons (Fsp3) is 0.286. The predicted molar refractivity (Wildman–Crippen MR) is 155 cm³/mol. The van der Waals surface area contributed by atoms with E-state index in [1.165, 1.54) is 11.8 Å². The van der Waals surface area contributed by atoms with Crippen molar-refractivity contribution in [1.82, 2.24) is 10.2 Å². The Morgan fingerprint density at radius 3 is 2.25 bits per heavy atom. The van der Waals surface area contributed by atoms with Crippen LogP contribution < -0.4 is 5.32 Å². The van der Waals surface area contributed by atoms with Gasteiger partial charge in [-0.15, -0.1) is 11.8 Å². The molecule has 0 spiro atoms. The molecule has 2 amide bonds. The number of hydrogen-bond acceptors (Lipinski definition) is 3. The first-order valence-electron chi connectivity index (χ1n) is 11.7. The zero-order chi connectivity index (χ0) is 25.9. The zero-order valence-corrected chi connectivity index (χ0v) is 24.0. The second-order valence-corrected chi connectivity index (χ2v) is 11.1. The summed E-state index contributed by atoms with van der Waals surface area (Å²) in [5.74, 6) is 0.440. The number of rotatable bonds is 12. The number of amides is 2. The van der Waals surface area contributed by atoms with E-state index < -0.39 is 6.04 Å². The van der Waals surface area contributed by atoms with Gasteiger partial charge >= 0.3 is 0 Å². The zero-order valence-electron chi connectivity index (χ0n) is 20.1. The van der Waals surface area contributed by atoms with Crippen LogP contribution in [0.15, 0.2) is 77.3 Å². The highest BCUT2D eigenvalue weighted by Gasteiger charge is 2.30. The van der Waals surface area contributed by atoms with Gasteiger partial charge in [0, 0.05) is 39.8 Å². The topological polar surface area (TPSA) is 49.4 Å². The van der Waals surface area contributed by atoms with Gasteiger partial charge in [0.2, 0.25) is 11.8 Å². The summed E-state index contributed by atoms with van der Waals surface area (Å²) in [6, 6.07) is 22.3. The molecule has 0 aliphatic heterocycles. The van der Waals surface area contributed by atoms with Crippen LogP contribution in [0.3, 0.4) is 0 Å². The molecule has 0 aromatic heterocycles. The first-order valence-corrected chi connectivity index (χ1v) is 14.5. The van der Waals surface area contributed by atoms with Crippen LogP contribution in [0.25, 0.3) is 0 Å². The van der Waals surface area contributed by atoms with Gasteiger partial charge in [0.25, 0.3) is 0 Å². The van der Waals surface area contributed by atoms with Crippen LogP contribution in [-0.4, -0.2) is 35.1 Å². The first-order chi connectivity index (χ1) is 17.4. The minimum absolute atomic E-state index is 0.112. The fourth-order valence-electron chi connectivity index (χ4n) is 3.70. The van der Waals surface area contributed by atoms with Crippen molar-refractivity contribution in [3.8, 4) is 0 Å². The van der Waals surface area contributed by atoms with Crippen LogP contribution in [0.2, 0.25) is 10.0 Å². The Morgan fingerprint density at radius 2 is 1.61 bits per heavy atom. The van der Waals surface area contributed by atoms with Gasteiger partial charge < -0.3 is 10.2 Å². The summed E-state index contributed by atoms with van der Waals surface area (Å²) >= 11 is 17.5. The molecule has 1 unspecified atom stereocenters. The van der Waals surface area contributed by atoms with Gasteiger partial charge in [-0.3, -0.25) is 9.59 Å². The largest absolute Gasteiger partial charge is 0.354 e. The van der Waals surface area contributed by atoms with Crippen molar-refractivity contribution in [2.45, 2.75) is 38.1 Å². The van der Waals surface area contributed by atoms with Gasteiger partial charge in [0.1, 0.15) is 6.04 Å². The summed E-state index contributed by atoms with van der Waals surface area (Å²) in [5.41, 5.74) is 2.75. The van der Waals surface area contributed by atoms with Gasteiger partial charge in [-0.05, 0) is 47.4 Å². The van der Waals surface area contributed by atoms with Crippen molar-refractivity contribution in [2.24, 2.45) is 0 Å². The Bertz CT molecular complexity index is 1130. The molecule has 0 saturated heterocycles. The molecule has 0 heterocycles. The molecule has 0 aliphatic rings. The lowest BCUT2D eigenvalue weighted by molar-refractivity contribution is -0.139. The molecule has 190 valence electrons. The van der Waals surface area contributed by atoms with Crippen molar-refractivity contribution in [1.29, 1.82) is 0 Å². The van der Waals surface area contributed by atoms with E-state index in [2.05, 4.69) is 21.2 Å². The molecule has 0 aliphatic carbocycles. The summed E-state index contributed by atoms with van der Waals surface area (Å²) in [5, 5.41) is 4.16. The summed E-state index contributed by atoms with van der Waals surface area (Å²) < 4.78 is 0.956. The molecule has 0 fully saturated rings. The van der Waals surface area contributed by atoms with Gasteiger partial charge in [-0.25, -0.2) is 0 Å². The molecule has 3 aromatic carbocycles. The molecule has 0 radical (unpaired) electrons. The monoisotopic (exact) mass is 606 g/mol. The molecule has 1 N–H and O–H groups in total. The molecule has 0 bridgehead atoms. The average molecular weight is 608 g/mol. The second kappa shape index (κ2) is 14.7. The Labute approximate surface area is 235 Å². The minimum Gasteiger partial charge on any atom is -0.354 e. The third-order valence-electron chi connectivity index (χ3n) is 5.62. The van der Waals surface area contributed by atoms with E-state index in [-0.39, 0.29) is 17.6 Å². The van der Waals surface area contributed by atoms with Crippen LogP contribution in [0.1, 0.15) is 30.0 Å². The third-order valence-corrected chi connectivity index (χ3v) is 7.80. The maximum absolute atomic E-state index is 13.6. The van der Waals surface area contributed by atoms with Crippen LogP contribution in [0.4, 0.5) is 0 Å². The standard InChI is InChI=1S/C28H29BrCl2N2O2S/c1-2-15-32-28(35)26(16-20-7-4-3-5-8-20)33(17-21-11-13-22(29)14-12-21)27(34)19-36-18-23-24(30)9-6-10-25(23)31/h3-14,26H,2,15-19H2,1H3,(H,32,35). The van der Waals surface area contributed by atoms with Crippen molar-refractivity contribution < 1.29 is 9.59 Å². The molecule has 8 heteroatoms. The van der Waals surface area contributed by atoms with Crippen molar-refractivity contribution in [3.05, 3.63) is 104 Å². The molecule has 3 aromatic rings. The minimum atomic E-state index is -0.639. The molecule has 36 heavy (non-hydrogen) atoms. The number of carbonyl (C=O) groups excluding carboxylic acids is 2. The van der Waals surface area contributed by atoms with E-state index in [0.717, 1.165) is 27.6 Å². The van der Waals surface area contributed by atoms with Crippen molar-refractivity contribution in [2.75, 3.05) is 12.3 Å². The molecule has 0 saturated carbocycles. The summed E-state index contributed by atoms with van der Waals surface area (Å²) in [4.78, 5) is 28.7. The number of hydrogen-bond donors (Lipinski definition) is 1. The van der Waals surface area contributed by atoms with E-state index in [9.17, 15) is 9.59 Å².